The summed E-state index contributed by atoms with van der Waals surface area (Å²) in [6.07, 6.45) is -5.50. The maximum Gasteiger partial charge on any atom is 0.476 e. The highest BCUT2D eigenvalue weighted by molar-refractivity contribution is 7.47. The largest absolute Gasteiger partial charge is 0.476 e. The normalized spacial score (nSPS) is 12.9. The second-order valence-corrected chi connectivity index (χ2v) is 6.48. The van der Waals surface area contributed by atoms with E-state index in [2.05, 4.69) is 0 Å². The fourth-order valence-electron chi connectivity index (χ4n) is 0.0571. The average molecular weight is 492 g/mol. The van der Waals surface area contributed by atoms with Gasteiger partial charge < -0.3 is 0 Å². The van der Waals surface area contributed by atoms with Gasteiger partial charge in [0.05, 0.1) is 0 Å². The standard InChI is InChI=1S/CF6N2.CF5P.2CH3F3Si/c2-1(3,8(4)5)9(6)7;2-1(3,4)7(5)6;2*2-1(3,4)5/h;;2*5H3. The molecule has 26 heavy (non-hydrogen) atoms. The van der Waals surface area contributed by atoms with Crippen LogP contribution in [-0.2, 0) is 0 Å². The number of halogens is 17. The van der Waals surface area contributed by atoms with Gasteiger partial charge in [-0.25, -0.2) is 0 Å². The van der Waals surface area contributed by atoms with Crippen LogP contribution in [0.25, 0.3) is 0 Å². The summed E-state index contributed by atoms with van der Waals surface area (Å²) in [6.45, 7) is 0. The molecule has 0 unspecified atom stereocenters. The second kappa shape index (κ2) is 12.9. The SMILES string of the molecule is FC(F)(F)[SiH3].FC(F)(F)[SiH3].FN(F)C(F)(F)N(F)F.FP(F)C(F)(F)F. The molecule has 0 aliphatic rings. The van der Waals surface area contributed by atoms with E-state index >= 15 is 0 Å². The van der Waals surface area contributed by atoms with Crippen molar-refractivity contribution in [3.8, 4) is 0 Å². The van der Waals surface area contributed by atoms with Gasteiger partial charge in [0, 0.05) is 0 Å². The van der Waals surface area contributed by atoms with Crippen molar-refractivity contribution in [2.24, 2.45) is 0 Å². The van der Waals surface area contributed by atoms with E-state index < -0.39 is 63.4 Å². The third-order valence-corrected chi connectivity index (χ3v) is 0.982. The van der Waals surface area contributed by atoms with Gasteiger partial charge in [-0.1, -0.05) is 17.9 Å². The van der Waals surface area contributed by atoms with Gasteiger partial charge in [-0.15, -0.1) is 0 Å². The van der Waals surface area contributed by atoms with Crippen molar-refractivity contribution < 1.29 is 74.6 Å². The van der Waals surface area contributed by atoms with E-state index in [9.17, 15) is 74.6 Å². The van der Waals surface area contributed by atoms with Gasteiger partial charge in [0.2, 0.25) is 0 Å². The summed E-state index contributed by atoms with van der Waals surface area (Å²) in [5, 5.41) is -5.79. The van der Waals surface area contributed by atoms with Gasteiger partial charge in [-0.3, -0.25) is 0 Å². The van der Waals surface area contributed by atoms with Crippen LogP contribution in [0, 0.1) is 0 Å². The second-order valence-electron chi connectivity index (χ2n) is 3.24. The van der Waals surface area contributed by atoms with Crippen LogP contribution in [-0.4, -0.2) is 54.9 Å². The molecule has 0 saturated heterocycles. The van der Waals surface area contributed by atoms with Gasteiger partial charge in [0.1, 0.15) is 31.2 Å². The first kappa shape index (κ1) is 33.2. The predicted octanol–water partition coefficient (Wildman–Crippen LogP) is 4.18. The molecule has 0 aromatic carbocycles. The fraction of sp³-hybridized carbons (Fsp3) is 1.00. The maximum atomic E-state index is 11.0. The Morgan fingerprint density at radius 1 is 0.538 bits per heavy atom. The van der Waals surface area contributed by atoms with Gasteiger partial charge >= 0.3 is 32.2 Å². The van der Waals surface area contributed by atoms with E-state index in [0.29, 0.717) is 0 Å². The quantitative estimate of drug-likeness (QED) is 0.143. The first-order valence-corrected chi connectivity index (χ1v) is 7.89. The highest BCUT2D eigenvalue weighted by atomic mass is 31.2. The lowest BCUT2D eigenvalue weighted by atomic mass is 11.0. The van der Waals surface area contributed by atoms with Crippen LogP contribution < -0.4 is 0 Å². The fourth-order valence-corrected chi connectivity index (χ4v) is 0.0571. The highest BCUT2D eigenvalue weighted by Crippen LogP contribution is 2.55. The van der Waals surface area contributed by atoms with Crippen molar-refractivity contribution in [3.05, 3.63) is 0 Å². The number of rotatable bonds is 2. The molecule has 0 N–H and O–H groups in total. The van der Waals surface area contributed by atoms with Crippen LogP contribution in [0.1, 0.15) is 0 Å². The Kier molecular flexibility index (Phi) is 16.5. The summed E-state index contributed by atoms with van der Waals surface area (Å²) in [6, 6.07) is 0. The molecule has 0 atom stereocenters. The molecule has 0 spiro atoms. The Morgan fingerprint density at radius 3 is 0.654 bits per heavy atom. The monoisotopic (exact) mass is 492 g/mol. The molecule has 0 bridgehead atoms. The van der Waals surface area contributed by atoms with E-state index in [4.69, 9.17) is 0 Å². The Morgan fingerprint density at radius 2 is 0.654 bits per heavy atom. The predicted molar refractivity (Wildman–Crippen MR) is 60.2 cm³/mol. The minimum atomic E-state index is -5.50. The molecule has 164 valence electrons. The summed E-state index contributed by atoms with van der Waals surface area (Å²) < 4.78 is 179. The van der Waals surface area contributed by atoms with Crippen molar-refractivity contribution in [3.63, 3.8) is 0 Å². The maximum absolute atomic E-state index is 11.0. The van der Waals surface area contributed by atoms with E-state index in [1.807, 2.05) is 0 Å². The molecule has 0 aromatic heterocycles. The first-order chi connectivity index (χ1) is 10.8. The molecule has 0 aromatic rings. The number of hydrogen-bond acceptors (Lipinski definition) is 2. The topological polar surface area (TPSA) is 6.48 Å². The smallest absolute Gasteiger partial charge is 0.178 e. The van der Waals surface area contributed by atoms with E-state index in [-0.39, 0.29) is 0 Å². The van der Waals surface area contributed by atoms with Crippen molar-refractivity contribution in [1.82, 2.24) is 10.7 Å². The van der Waals surface area contributed by atoms with E-state index in [1.165, 1.54) is 0 Å². The van der Waals surface area contributed by atoms with Crippen molar-refractivity contribution in [2.75, 3.05) is 0 Å². The zero-order valence-electron chi connectivity index (χ0n) is 11.8. The lowest BCUT2D eigenvalue weighted by Gasteiger charge is -2.13. The summed E-state index contributed by atoms with van der Waals surface area (Å²) in [5.74, 6) is -13.0. The highest BCUT2D eigenvalue weighted by Gasteiger charge is 2.49. The van der Waals surface area contributed by atoms with Crippen molar-refractivity contribution in [1.29, 1.82) is 0 Å². The van der Waals surface area contributed by atoms with Gasteiger partial charge in [-0.05, 0) is 0 Å². The Bertz CT molecular complexity index is 301. The number of alkyl halides is 11. The Labute approximate surface area is 139 Å². The number of nitrogens with zero attached hydrogens (tertiary/aromatic N) is 2. The molecule has 0 fully saturated rings. The molecule has 0 aliphatic heterocycles. The van der Waals surface area contributed by atoms with Gasteiger partial charge in [-0.2, -0.15) is 56.7 Å². The molecule has 0 radical (unpaired) electrons. The van der Waals surface area contributed by atoms with Crippen molar-refractivity contribution >= 4 is 29.0 Å². The lowest BCUT2D eigenvalue weighted by Crippen LogP contribution is -2.39. The molecule has 0 rings (SSSR count). The summed E-state index contributed by atoms with van der Waals surface area (Å²) in [5.41, 5.74) is 0. The van der Waals surface area contributed by atoms with E-state index in [1.54, 1.807) is 0 Å². The van der Waals surface area contributed by atoms with Crippen LogP contribution in [0.3, 0.4) is 0 Å². The van der Waals surface area contributed by atoms with Crippen molar-refractivity contribution in [2.45, 2.75) is 23.7 Å². The Balaban J connectivity index is -0.000000128. The van der Waals surface area contributed by atoms with Crippen LogP contribution in [0.2, 0.25) is 0 Å². The lowest BCUT2D eigenvalue weighted by molar-refractivity contribution is -0.466. The summed E-state index contributed by atoms with van der Waals surface area (Å²) in [4.78, 5) is 0. The first-order valence-electron chi connectivity index (χ1n) is 4.76. The summed E-state index contributed by atoms with van der Waals surface area (Å²) in [7, 11) is -6.13. The minimum absolute atomic E-state index is 0.692. The molecular formula is C4H6F17N2PSi2. The third-order valence-electron chi connectivity index (χ3n) is 0.598. The van der Waals surface area contributed by atoms with Crippen LogP contribution in [0.5, 0.6) is 0 Å². The molecule has 0 heterocycles. The van der Waals surface area contributed by atoms with Crippen LogP contribution in [0.15, 0.2) is 0 Å². The molecule has 0 aliphatic carbocycles. The molecular weight excluding hydrogens is 486 g/mol. The number of hydrogen-bond donors (Lipinski definition) is 0. The zero-order valence-corrected chi connectivity index (χ0v) is 16.7. The Hall–Kier alpha value is -0.406. The van der Waals surface area contributed by atoms with Crippen LogP contribution in [0.4, 0.5) is 74.6 Å². The average Bonchev–Trinajstić information content (AvgIpc) is 2.22. The molecule has 22 heteroatoms. The minimum Gasteiger partial charge on any atom is -0.178 e. The molecule has 0 saturated carbocycles. The molecule has 2 nitrogen and oxygen atoms in total. The van der Waals surface area contributed by atoms with Gasteiger partial charge in [0.15, 0.2) is 0 Å². The van der Waals surface area contributed by atoms with Gasteiger partial charge in [0.25, 0.3) is 0 Å². The van der Waals surface area contributed by atoms with E-state index in [0.717, 1.165) is 0 Å². The summed E-state index contributed by atoms with van der Waals surface area (Å²) >= 11 is 0. The zero-order chi connectivity index (χ0) is 22.7. The van der Waals surface area contributed by atoms with Crippen LogP contribution >= 0.6 is 8.54 Å². The third kappa shape index (κ3) is 38.9. The molecule has 0 amide bonds.